The Morgan fingerprint density at radius 2 is 2.00 bits per heavy atom. The monoisotopic (exact) mass is 330 g/mol. The molecule has 0 saturated carbocycles. The highest BCUT2D eigenvalue weighted by atomic mass is 32.1. The molecule has 0 aliphatic rings. The van der Waals surface area contributed by atoms with E-state index in [1.165, 1.54) is 23.5 Å². The van der Waals surface area contributed by atoms with Gasteiger partial charge >= 0.3 is 0 Å². The molecule has 3 rings (SSSR count). The van der Waals surface area contributed by atoms with Gasteiger partial charge < -0.3 is 4.74 Å². The van der Waals surface area contributed by atoms with E-state index in [0.717, 1.165) is 5.56 Å². The highest BCUT2D eigenvalue weighted by Gasteiger charge is 2.17. The summed E-state index contributed by atoms with van der Waals surface area (Å²) >= 11 is 1.23. The van der Waals surface area contributed by atoms with Crippen LogP contribution in [0, 0.1) is 12.7 Å². The fraction of sp³-hybridized carbons (Fsp3) is 0.176. The van der Waals surface area contributed by atoms with Crippen LogP contribution in [0.3, 0.4) is 0 Å². The van der Waals surface area contributed by atoms with E-state index >= 15 is 0 Å². The van der Waals surface area contributed by atoms with Crippen LogP contribution in [0.25, 0.3) is 10.2 Å². The lowest BCUT2D eigenvalue weighted by atomic mass is 10.2. The number of amides is 1. The molecular weight excluding hydrogens is 315 g/mol. The number of carbonyl (C=O) groups excluding carboxylic acids is 1. The third-order valence-electron chi connectivity index (χ3n) is 3.28. The number of aromatic nitrogens is 1. The molecule has 1 heterocycles. The van der Waals surface area contributed by atoms with Crippen LogP contribution in [0.15, 0.2) is 42.5 Å². The highest BCUT2D eigenvalue weighted by molar-refractivity contribution is 7.22. The van der Waals surface area contributed by atoms with E-state index in [1.54, 1.807) is 13.0 Å². The maximum absolute atomic E-state index is 13.2. The number of benzene rings is 2. The van der Waals surface area contributed by atoms with Crippen LogP contribution in [-0.2, 0) is 4.79 Å². The van der Waals surface area contributed by atoms with Gasteiger partial charge in [-0.2, -0.15) is 0 Å². The molecule has 0 fully saturated rings. The van der Waals surface area contributed by atoms with Gasteiger partial charge in [0, 0.05) is 0 Å². The minimum Gasteiger partial charge on any atom is -0.481 e. The molecular formula is C17H15FN2O2S. The number of hydrogen-bond acceptors (Lipinski definition) is 4. The van der Waals surface area contributed by atoms with E-state index in [4.69, 9.17) is 4.74 Å². The largest absolute Gasteiger partial charge is 0.481 e. The average molecular weight is 330 g/mol. The maximum Gasteiger partial charge on any atom is 0.266 e. The zero-order chi connectivity index (χ0) is 16.4. The maximum atomic E-state index is 13.2. The molecule has 3 aromatic rings. The summed E-state index contributed by atoms with van der Waals surface area (Å²) in [5.41, 5.74) is 1.77. The first-order chi connectivity index (χ1) is 11.0. The predicted molar refractivity (Wildman–Crippen MR) is 89.5 cm³/mol. The van der Waals surface area contributed by atoms with Crippen molar-refractivity contribution in [1.82, 2.24) is 4.98 Å². The Balaban J connectivity index is 1.68. The lowest BCUT2D eigenvalue weighted by molar-refractivity contribution is -0.122. The van der Waals surface area contributed by atoms with Gasteiger partial charge in [0.05, 0.1) is 10.2 Å². The second kappa shape index (κ2) is 6.34. The molecule has 1 atom stereocenters. The summed E-state index contributed by atoms with van der Waals surface area (Å²) in [4.78, 5) is 16.4. The van der Waals surface area contributed by atoms with Gasteiger partial charge in [0.25, 0.3) is 5.91 Å². The second-order valence-electron chi connectivity index (χ2n) is 5.19. The number of ether oxygens (including phenoxy) is 1. The topological polar surface area (TPSA) is 51.2 Å². The normalized spacial score (nSPS) is 12.1. The number of thiazole rings is 1. The number of carbonyl (C=O) groups is 1. The number of aryl methyl sites for hydroxylation is 1. The van der Waals surface area contributed by atoms with Crippen LogP contribution >= 0.6 is 11.3 Å². The van der Waals surface area contributed by atoms with E-state index in [9.17, 15) is 9.18 Å². The van der Waals surface area contributed by atoms with E-state index < -0.39 is 6.10 Å². The van der Waals surface area contributed by atoms with Crippen molar-refractivity contribution >= 4 is 32.6 Å². The lowest BCUT2D eigenvalue weighted by Crippen LogP contribution is -2.30. The number of hydrogen-bond donors (Lipinski definition) is 1. The first-order valence-electron chi connectivity index (χ1n) is 7.11. The van der Waals surface area contributed by atoms with Crippen molar-refractivity contribution in [3.05, 3.63) is 53.8 Å². The van der Waals surface area contributed by atoms with Gasteiger partial charge in [-0.15, -0.1) is 0 Å². The summed E-state index contributed by atoms with van der Waals surface area (Å²) in [6.07, 6.45) is -0.665. The van der Waals surface area contributed by atoms with Crippen molar-refractivity contribution in [3.8, 4) is 5.75 Å². The third kappa shape index (κ3) is 3.65. The van der Waals surface area contributed by atoms with Crippen LogP contribution in [0.1, 0.15) is 12.5 Å². The van der Waals surface area contributed by atoms with E-state index in [-0.39, 0.29) is 11.7 Å². The quantitative estimate of drug-likeness (QED) is 0.782. The SMILES string of the molecule is Cc1ccc(O[C@@H](C)C(=O)Nc2nc3ccc(F)cc3s2)cc1. The molecule has 118 valence electrons. The summed E-state index contributed by atoms with van der Waals surface area (Å²) in [7, 11) is 0. The van der Waals surface area contributed by atoms with Gasteiger partial charge in [-0.25, -0.2) is 9.37 Å². The first-order valence-corrected chi connectivity index (χ1v) is 7.93. The van der Waals surface area contributed by atoms with Crippen LogP contribution in [0.4, 0.5) is 9.52 Å². The van der Waals surface area contributed by atoms with Gasteiger partial charge in [0.1, 0.15) is 11.6 Å². The average Bonchev–Trinajstić information content (AvgIpc) is 2.90. The molecule has 0 radical (unpaired) electrons. The first kappa shape index (κ1) is 15.4. The van der Waals surface area contributed by atoms with Gasteiger partial charge in [-0.1, -0.05) is 29.0 Å². The number of nitrogens with zero attached hydrogens (tertiary/aromatic N) is 1. The molecule has 23 heavy (non-hydrogen) atoms. The Morgan fingerprint density at radius 1 is 1.26 bits per heavy atom. The minimum atomic E-state index is -0.665. The number of rotatable bonds is 4. The molecule has 0 aliphatic carbocycles. The molecule has 6 heteroatoms. The third-order valence-corrected chi connectivity index (χ3v) is 4.22. The van der Waals surface area contributed by atoms with Crippen LogP contribution in [0.2, 0.25) is 0 Å². The lowest BCUT2D eigenvalue weighted by Gasteiger charge is -2.13. The van der Waals surface area contributed by atoms with Gasteiger partial charge in [0.2, 0.25) is 0 Å². The van der Waals surface area contributed by atoms with Crippen molar-refractivity contribution in [2.45, 2.75) is 20.0 Å². The van der Waals surface area contributed by atoms with Crippen molar-refractivity contribution in [2.24, 2.45) is 0 Å². The van der Waals surface area contributed by atoms with Crippen LogP contribution in [-0.4, -0.2) is 17.0 Å². The van der Waals surface area contributed by atoms with Gasteiger partial charge in [-0.3, -0.25) is 10.1 Å². The van der Waals surface area contributed by atoms with Crippen molar-refractivity contribution in [2.75, 3.05) is 5.32 Å². The smallest absolute Gasteiger partial charge is 0.266 e. The Morgan fingerprint density at radius 3 is 2.74 bits per heavy atom. The highest BCUT2D eigenvalue weighted by Crippen LogP contribution is 2.26. The number of fused-ring (bicyclic) bond motifs is 1. The summed E-state index contributed by atoms with van der Waals surface area (Å²) in [5.74, 6) is 0.00447. The molecule has 0 saturated heterocycles. The van der Waals surface area contributed by atoms with Crippen LogP contribution in [0.5, 0.6) is 5.75 Å². The summed E-state index contributed by atoms with van der Waals surface area (Å²) in [5, 5.41) is 3.13. The van der Waals surface area contributed by atoms with Gasteiger partial charge in [0.15, 0.2) is 11.2 Å². The van der Waals surface area contributed by atoms with Crippen LogP contribution < -0.4 is 10.1 Å². The Bertz CT molecular complexity index is 845. The summed E-state index contributed by atoms with van der Waals surface area (Å²) in [6, 6.07) is 11.8. The number of nitrogens with one attached hydrogen (secondary N) is 1. The molecule has 4 nitrogen and oxygen atoms in total. The number of anilines is 1. The Labute approximate surface area is 136 Å². The zero-order valence-corrected chi connectivity index (χ0v) is 13.5. The predicted octanol–water partition coefficient (Wildman–Crippen LogP) is 4.15. The van der Waals surface area contributed by atoms with E-state index in [2.05, 4.69) is 10.3 Å². The fourth-order valence-electron chi connectivity index (χ4n) is 2.03. The van der Waals surface area contributed by atoms with Crippen molar-refractivity contribution < 1.29 is 13.9 Å². The molecule has 1 N–H and O–H groups in total. The molecule has 0 unspecified atom stereocenters. The van der Waals surface area contributed by atoms with Crippen molar-refractivity contribution in [3.63, 3.8) is 0 Å². The molecule has 0 aliphatic heterocycles. The Hall–Kier alpha value is -2.47. The van der Waals surface area contributed by atoms with Crippen molar-refractivity contribution in [1.29, 1.82) is 0 Å². The molecule has 2 aromatic carbocycles. The fourth-order valence-corrected chi connectivity index (χ4v) is 2.93. The molecule has 1 aromatic heterocycles. The van der Waals surface area contributed by atoms with Gasteiger partial charge in [-0.05, 0) is 44.2 Å². The van der Waals surface area contributed by atoms with E-state index in [0.29, 0.717) is 21.1 Å². The molecule has 0 spiro atoms. The Kier molecular flexibility index (Phi) is 4.25. The molecule has 1 amide bonds. The molecule has 0 bridgehead atoms. The second-order valence-corrected chi connectivity index (χ2v) is 6.22. The summed E-state index contributed by atoms with van der Waals surface area (Å²) in [6.45, 7) is 3.65. The zero-order valence-electron chi connectivity index (χ0n) is 12.7. The minimum absolute atomic E-state index is 0.301. The van der Waals surface area contributed by atoms with E-state index in [1.807, 2.05) is 31.2 Å². The summed E-state index contributed by atoms with van der Waals surface area (Å²) < 4.78 is 19.5. The standard InChI is InChI=1S/C17H15FN2O2S/c1-10-3-6-13(7-4-10)22-11(2)16(21)20-17-19-14-8-5-12(18)9-15(14)23-17/h3-9,11H,1-2H3,(H,19,20,21)/t11-/m0/s1. The number of halogens is 1.